The van der Waals surface area contributed by atoms with E-state index in [0.717, 1.165) is 27.3 Å². The van der Waals surface area contributed by atoms with Gasteiger partial charge in [-0.05, 0) is 23.1 Å². The van der Waals surface area contributed by atoms with Crippen LogP contribution in [0.4, 0.5) is 11.4 Å². The fraction of sp³-hybridized carbons (Fsp3) is 0.190. The van der Waals surface area contributed by atoms with Crippen LogP contribution in [0.3, 0.4) is 0 Å². The predicted octanol–water partition coefficient (Wildman–Crippen LogP) is -0.801. The van der Waals surface area contributed by atoms with Crippen molar-refractivity contribution in [1.29, 1.82) is 0 Å². The number of rotatable bonds is 5. The van der Waals surface area contributed by atoms with Crippen molar-refractivity contribution in [3.8, 4) is 5.88 Å². The quantitative estimate of drug-likeness (QED) is 0.271. The molecule has 0 unspecified atom stereocenters. The summed E-state index contributed by atoms with van der Waals surface area (Å²) >= 11 is 0. The highest BCUT2D eigenvalue weighted by molar-refractivity contribution is 5.96. The number of nitrogens with two attached hydrogens (primary N) is 1. The van der Waals surface area contributed by atoms with Gasteiger partial charge in [0.2, 0.25) is 5.65 Å². The van der Waals surface area contributed by atoms with E-state index in [0.29, 0.717) is 19.5 Å². The Balaban J connectivity index is 1.34. The van der Waals surface area contributed by atoms with Crippen LogP contribution in [0.15, 0.2) is 33.9 Å². The van der Waals surface area contributed by atoms with Gasteiger partial charge in [0.15, 0.2) is 5.69 Å². The van der Waals surface area contributed by atoms with Crippen molar-refractivity contribution >= 4 is 28.9 Å². The third kappa shape index (κ3) is 3.30. The summed E-state index contributed by atoms with van der Waals surface area (Å²) in [5.74, 6) is -2.62. The smallest absolute Gasteiger partial charge is 0.354 e. The molecule has 2 aromatic heterocycles. The number of aromatic hydroxyl groups is 1. The average Bonchev–Trinajstić information content (AvgIpc) is 3.22. The maximum atomic E-state index is 12.7. The standard InChI is InChI=1S/C21H17N7O6/c22-14-15(17(30)16(14)29)27-4-3-10-2-1-9(5-11(10)8-27)7-23-19(31)12-6-13(21(33)34)28-18(24-12)20(32)25-26-28/h1-2,5-6,32H,3-4,7-8,22H2,(H,23,31)(H,33,34). The monoisotopic (exact) mass is 463 g/mol. The number of amides is 1. The van der Waals surface area contributed by atoms with Crippen LogP contribution in [0.2, 0.25) is 0 Å². The van der Waals surface area contributed by atoms with Gasteiger partial charge in [0.25, 0.3) is 22.6 Å². The Hall–Kier alpha value is -4.81. The van der Waals surface area contributed by atoms with E-state index in [1.807, 2.05) is 18.2 Å². The van der Waals surface area contributed by atoms with E-state index in [4.69, 9.17) is 5.73 Å². The van der Waals surface area contributed by atoms with Crippen molar-refractivity contribution < 1.29 is 19.8 Å². The number of aromatic nitrogens is 4. The summed E-state index contributed by atoms with van der Waals surface area (Å²) in [6.07, 6.45) is 0.672. The zero-order valence-corrected chi connectivity index (χ0v) is 17.5. The Morgan fingerprint density at radius 2 is 1.94 bits per heavy atom. The van der Waals surface area contributed by atoms with E-state index in [9.17, 15) is 29.4 Å². The average molecular weight is 463 g/mol. The number of carboxylic acids is 1. The molecule has 4 aromatic rings. The van der Waals surface area contributed by atoms with Gasteiger partial charge in [-0.15, -0.1) is 0 Å². The molecule has 0 bridgehead atoms. The summed E-state index contributed by atoms with van der Waals surface area (Å²) < 4.78 is 0.826. The second-order valence-electron chi connectivity index (χ2n) is 7.86. The van der Waals surface area contributed by atoms with Crippen molar-refractivity contribution in [2.45, 2.75) is 19.5 Å². The largest absolute Gasteiger partial charge is 0.489 e. The summed E-state index contributed by atoms with van der Waals surface area (Å²) in [4.78, 5) is 53.2. The zero-order valence-electron chi connectivity index (χ0n) is 17.5. The molecule has 2 aromatic carbocycles. The van der Waals surface area contributed by atoms with Crippen LogP contribution in [0, 0.1) is 0 Å². The molecule has 0 spiro atoms. The highest BCUT2D eigenvalue weighted by atomic mass is 16.4. The second kappa shape index (κ2) is 7.65. The van der Waals surface area contributed by atoms with Gasteiger partial charge in [-0.3, -0.25) is 14.4 Å². The number of aromatic carboxylic acids is 1. The first kappa shape index (κ1) is 21.1. The van der Waals surface area contributed by atoms with Crippen LogP contribution in [0.5, 0.6) is 5.88 Å². The number of hydrogen-bond acceptors (Lipinski definition) is 10. The van der Waals surface area contributed by atoms with Gasteiger partial charge >= 0.3 is 5.97 Å². The lowest BCUT2D eigenvalue weighted by atomic mass is 9.96. The Morgan fingerprint density at radius 1 is 1.15 bits per heavy atom. The first-order chi connectivity index (χ1) is 16.2. The number of benzene rings is 1. The highest BCUT2D eigenvalue weighted by Gasteiger charge is 2.27. The maximum absolute atomic E-state index is 12.7. The van der Waals surface area contributed by atoms with Gasteiger partial charge in [-0.2, -0.15) is 4.52 Å². The number of anilines is 2. The highest BCUT2D eigenvalue weighted by Crippen LogP contribution is 2.26. The number of nitrogens with one attached hydrogen (secondary N) is 1. The molecule has 1 amide bonds. The number of carbonyl (C=O) groups excluding carboxylic acids is 1. The van der Waals surface area contributed by atoms with E-state index >= 15 is 0 Å². The van der Waals surface area contributed by atoms with Gasteiger partial charge < -0.3 is 26.2 Å². The number of hydrogen-bond donors (Lipinski definition) is 4. The summed E-state index contributed by atoms with van der Waals surface area (Å²) in [6, 6.07) is 6.71. The Kier molecular flexibility index (Phi) is 4.74. The number of nitrogens with zero attached hydrogens (tertiary/aromatic N) is 5. The first-order valence-corrected chi connectivity index (χ1v) is 10.2. The fourth-order valence-electron chi connectivity index (χ4n) is 4.03. The molecule has 172 valence electrons. The van der Waals surface area contributed by atoms with E-state index < -0.39 is 28.6 Å². The molecule has 13 nitrogen and oxygen atoms in total. The molecule has 0 fully saturated rings. The van der Waals surface area contributed by atoms with E-state index in [-0.39, 0.29) is 35.0 Å². The lowest BCUT2D eigenvalue weighted by molar-refractivity contribution is 0.0687. The van der Waals surface area contributed by atoms with E-state index in [1.54, 1.807) is 4.90 Å². The van der Waals surface area contributed by atoms with Crippen LogP contribution < -0.4 is 26.8 Å². The molecule has 0 saturated carbocycles. The van der Waals surface area contributed by atoms with Gasteiger partial charge in [0, 0.05) is 25.7 Å². The molecule has 0 atom stereocenters. The van der Waals surface area contributed by atoms with Crippen molar-refractivity contribution in [3.63, 3.8) is 0 Å². The van der Waals surface area contributed by atoms with Crippen LogP contribution in [-0.4, -0.2) is 48.4 Å². The van der Waals surface area contributed by atoms with Crippen molar-refractivity contribution in [2.24, 2.45) is 0 Å². The molecule has 34 heavy (non-hydrogen) atoms. The topological polar surface area (TPSA) is 193 Å². The molecule has 0 aliphatic carbocycles. The van der Waals surface area contributed by atoms with E-state index in [2.05, 4.69) is 20.6 Å². The van der Waals surface area contributed by atoms with Crippen LogP contribution >= 0.6 is 0 Å². The van der Waals surface area contributed by atoms with Crippen molar-refractivity contribution in [3.05, 3.63) is 72.8 Å². The minimum atomic E-state index is -1.37. The first-order valence-electron chi connectivity index (χ1n) is 10.2. The molecule has 5 rings (SSSR count). The lowest BCUT2D eigenvalue weighted by Gasteiger charge is -2.32. The van der Waals surface area contributed by atoms with Gasteiger partial charge in [0.1, 0.15) is 17.1 Å². The van der Waals surface area contributed by atoms with Crippen LogP contribution in [-0.2, 0) is 19.5 Å². The Labute approximate surface area is 189 Å². The third-order valence-corrected chi connectivity index (χ3v) is 5.78. The van der Waals surface area contributed by atoms with E-state index in [1.165, 1.54) is 0 Å². The molecular weight excluding hydrogens is 446 g/mol. The number of nitrogen functional groups attached to an aromatic ring is 1. The van der Waals surface area contributed by atoms with Gasteiger partial charge in [-0.1, -0.05) is 28.5 Å². The normalized spacial score (nSPS) is 13.2. The molecular formula is C21H17N7O6. The summed E-state index contributed by atoms with van der Waals surface area (Å²) in [7, 11) is 0. The molecule has 5 N–H and O–H groups in total. The predicted molar refractivity (Wildman–Crippen MR) is 118 cm³/mol. The molecule has 0 saturated heterocycles. The number of fused-ring (bicyclic) bond motifs is 2. The molecule has 13 heteroatoms. The number of carbonyl (C=O) groups is 2. The number of carboxylic acid groups (broad SMARTS) is 1. The van der Waals surface area contributed by atoms with Crippen molar-refractivity contribution in [2.75, 3.05) is 17.2 Å². The maximum Gasteiger partial charge on any atom is 0.354 e. The molecule has 3 heterocycles. The Bertz CT molecular complexity index is 1570. The summed E-state index contributed by atoms with van der Waals surface area (Å²) in [5, 5.41) is 28.7. The minimum absolute atomic E-state index is 0.0125. The van der Waals surface area contributed by atoms with Gasteiger partial charge in [-0.25, -0.2) is 9.78 Å². The van der Waals surface area contributed by atoms with Crippen LogP contribution in [0.1, 0.15) is 37.7 Å². The van der Waals surface area contributed by atoms with Crippen molar-refractivity contribution in [1.82, 2.24) is 25.1 Å². The fourth-order valence-corrected chi connectivity index (χ4v) is 4.03. The lowest BCUT2D eigenvalue weighted by Crippen LogP contribution is -2.44. The van der Waals surface area contributed by atoms with Gasteiger partial charge in [0.05, 0.1) is 0 Å². The molecule has 1 aliphatic rings. The molecule has 1 aliphatic heterocycles. The SMILES string of the molecule is Nc1c(N2CCc3ccc(CNC(=O)c4cc(C(=O)O)n5nnc(O)c5n4)cc3C2)c(=O)c1=O. The Morgan fingerprint density at radius 3 is 2.68 bits per heavy atom. The summed E-state index contributed by atoms with van der Waals surface area (Å²) in [6.45, 7) is 1.08. The minimum Gasteiger partial charge on any atom is -0.489 e. The zero-order chi connectivity index (χ0) is 24.1. The second-order valence-corrected chi connectivity index (χ2v) is 7.86. The van der Waals surface area contributed by atoms with Crippen LogP contribution in [0.25, 0.3) is 5.65 Å². The third-order valence-electron chi connectivity index (χ3n) is 5.78. The summed E-state index contributed by atoms with van der Waals surface area (Å²) in [5.41, 5.74) is 6.64. The molecule has 0 radical (unpaired) electrons.